The van der Waals surface area contributed by atoms with Gasteiger partial charge in [0.2, 0.25) is 5.41 Å². The van der Waals surface area contributed by atoms with Gasteiger partial charge in [0.25, 0.3) is 0 Å². The van der Waals surface area contributed by atoms with Crippen molar-refractivity contribution < 1.29 is 31.4 Å². The summed E-state index contributed by atoms with van der Waals surface area (Å²) < 4.78 is 81.4. The van der Waals surface area contributed by atoms with E-state index in [2.05, 4.69) is 0 Å². The van der Waals surface area contributed by atoms with Crippen LogP contribution in [0.1, 0.15) is 11.1 Å². The Labute approximate surface area is 121 Å². The first kappa shape index (κ1) is 16.2. The van der Waals surface area contributed by atoms with E-state index in [0.29, 0.717) is 12.1 Å². The predicted molar refractivity (Wildman–Crippen MR) is 67.4 cm³/mol. The van der Waals surface area contributed by atoms with Gasteiger partial charge in [0.05, 0.1) is 0 Å². The molecule has 2 rings (SSSR count). The number of halogens is 6. The molecule has 0 unspecified atom stereocenters. The van der Waals surface area contributed by atoms with Crippen LogP contribution in [0.3, 0.4) is 0 Å². The van der Waals surface area contributed by atoms with E-state index in [4.69, 9.17) is 5.11 Å². The first-order valence-corrected chi connectivity index (χ1v) is 6.09. The number of rotatable bonds is 2. The van der Waals surface area contributed by atoms with E-state index in [1.54, 1.807) is 0 Å². The van der Waals surface area contributed by atoms with Crippen molar-refractivity contribution in [2.75, 3.05) is 0 Å². The Morgan fingerprint density at radius 3 is 1.41 bits per heavy atom. The van der Waals surface area contributed by atoms with E-state index >= 15 is 0 Å². The molecule has 0 fully saturated rings. The Balaban J connectivity index is 2.86. The molecule has 0 saturated heterocycles. The van der Waals surface area contributed by atoms with Crippen molar-refractivity contribution in [1.29, 1.82) is 0 Å². The molecular weight excluding hydrogens is 310 g/mol. The monoisotopic (exact) mass is 320 g/mol. The molecule has 22 heavy (non-hydrogen) atoms. The fraction of sp³-hybridized carbons (Fsp3) is 0.200. The number of hydrogen-bond donors (Lipinski definition) is 1. The number of phenolic OH excluding ortho intramolecular Hbond substituents is 1. The molecule has 0 spiro atoms. The highest BCUT2D eigenvalue weighted by Crippen LogP contribution is 2.56. The molecule has 0 bridgehead atoms. The minimum Gasteiger partial charge on any atom is -0.508 e. The summed E-state index contributed by atoms with van der Waals surface area (Å²) >= 11 is 0. The lowest BCUT2D eigenvalue weighted by Gasteiger charge is -2.38. The fourth-order valence-electron chi connectivity index (χ4n) is 2.38. The van der Waals surface area contributed by atoms with Gasteiger partial charge in [-0.1, -0.05) is 42.5 Å². The summed E-state index contributed by atoms with van der Waals surface area (Å²) in [5.74, 6) is -0.421. The highest BCUT2D eigenvalue weighted by Gasteiger charge is 2.72. The standard InChI is InChI=1S/C15H10F6O/c16-14(17,18)13(15(19,20)21,10-4-2-1-3-5-10)11-6-8-12(22)9-7-11/h1-9,22H. The molecule has 2 aromatic rings. The third-order valence-electron chi connectivity index (χ3n) is 3.36. The smallest absolute Gasteiger partial charge is 0.411 e. The Morgan fingerprint density at radius 1 is 0.591 bits per heavy atom. The first-order valence-electron chi connectivity index (χ1n) is 6.09. The van der Waals surface area contributed by atoms with Crippen LogP contribution in [0.25, 0.3) is 0 Å². The van der Waals surface area contributed by atoms with Crippen molar-refractivity contribution in [2.45, 2.75) is 17.8 Å². The van der Waals surface area contributed by atoms with E-state index in [1.165, 1.54) is 6.07 Å². The summed E-state index contributed by atoms with van der Waals surface area (Å²) in [6, 6.07) is 7.98. The second kappa shape index (κ2) is 5.23. The Hall–Kier alpha value is -2.18. The van der Waals surface area contributed by atoms with Crippen LogP contribution in [0.2, 0.25) is 0 Å². The van der Waals surface area contributed by atoms with Crippen molar-refractivity contribution in [3.63, 3.8) is 0 Å². The van der Waals surface area contributed by atoms with E-state index in [1.807, 2.05) is 0 Å². The molecule has 0 amide bonds. The van der Waals surface area contributed by atoms with E-state index in [0.717, 1.165) is 36.4 Å². The molecule has 1 N–H and O–H groups in total. The summed E-state index contributed by atoms with van der Waals surface area (Å²) in [5, 5.41) is 9.14. The van der Waals surface area contributed by atoms with Crippen LogP contribution < -0.4 is 0 Å². The Kier molecular flexibility index (Phi) is 3.85. The van der Waals surface area contributed by atoms with E-state index < -0.39 is 34.6 Å². The average Bonchev–Trinajstić information content (AvgIpc) is 2.39. The third-order valence-corrected chi connectivity index (χ3v) is 3.36. The number of alkyl halides is 6. The summed E-state index contributed by atoms with van der Waals surface area (Å²) in [6.07, 6.45) is -11.2. The average molecular weight is 320 g/mol. The molecule has 0 aliphatic heterocycles. The van der Waals surface area contributed by atoms with Gasteiger partial charge in [-0.3, -0.25) is 0 Å². The van der Waals surface area contributed by atoms with Crippen LogP contribution >= 0.6 is 0 Å². The van der Waals surface area contributed by atoms with Crippen molar-refractivity contribution in [1.82, 2.24) is 0 Å². The summed E-state index contributed by atoms with van der Waals surface area (Å²) in [5.41, 5.74) is -6.09. The van der Waals surface area contributed by atoms with Crippen LogP contribution in [0.4, 0.5) is 26.3 Å². The topological polar surface area (TPSA) is 20.2 Å². The van der Waals surface area contributed by atoms with Gasteiger partial charge in [-0.25, -0.2) is 0 Å². The SMILES string of the molecule is Oc1ccc(C(c2ccccc2)(C(F)(F)F)C(F)(F)F)cc1. The molecule has 1 nitrogen and oxygen atoms in total. The normalized spacial score (nSPS) is 13.2. The number of aromatic hydroxyl groups is 1. The molecule has 0 aromatic heterocycles. The van der Waals surface area contributed by atoms with Crippen molar-refractivity contribution in [3.8, 4) is 5.75 Å². The molecule has 0 radical (unpaired) electrons. The maximum Gasteiger partial charge on any atom is 0.411 e. The lowest BCUT2D eigenvalue weighted by atomic mass is 9.73. The maximum atomic E-state index is 13.6. The molecule has 118 valence electrons. The van der Waals surface area contributed by atoms with Gasteiger partial charge in [0, 0.05) is 0 Å². The fourth-order valence-corrected chi connectivity index (χ4v) is 2.38. The number of benzene rings is 2. The molecule has 0 aliphatic carbocycles. The van der Waals surface area contributed by atoms with Crippen LogP contribution in [0, 0.1) is 0 Å². The van der Waals surface area contributed by atoms with Crippen LogP contribution in [-0.2, 0) is 5.41 Å². The van der Waals surface area contributed by atoms with Crippen molar-refractivity contribution in [2.24, 2.45) is 0 Å². The quantitative estimate of drug-likeness (QED) is 0.788. The molecule has 0 atom stereocenters. The minimum absolute atomic E-state index is 0.421. The molecule has 0 heterocycles. The molecule has 0 aliphatic rings. The molecule has 7 heteroatoms. The molecule has 2 aromatic carbocycles. The maximum absolute atomic E-state index is 13.6. The Bertz CT molecular complexity index is 614. The molecule has 0 saturated carbocycles. The van der Waals surface area contributed by atoms with Gasteiger partial charge < -0.3 is 5.11 Å². The zero-order chi connectivity index (χ0) is 16.6. The highest BCUT2D eigenvalue weighted by atomic mass is 19.4. The summed E-state index contributed by atoms with van der Waals surface area (Å²) in [7, 11) is 0. The lowest BCUT2D eigenvalue weighted by molar-refractivity contribution is -0.288. The van der Waals surface area contributed by atoms with Crippen LogP contribution in [0.5, 0.6) is 5.75 Å². The predicted octanol–water partition coefficient (Wildman–Crippen LogP) is 4.80. The second-order valence-electron chi connectivity index (χ2n) is 4.66. The number of hydrogen-bond acceptors (Lipinski definition) is 1. The van der Waals surface area contributed by atoms with Crippen LogP contribution in [-0.4, -0.2) is 17.5 Å². The third kappa shape index (κ3) is 2.40. The van der Waals surface area contributed by atoms with E-state index in [9.17, 15) is 26.3 Å². The van der Waals surface area contributed by atoms with E-state index in [-0.39, 0.29) is 0 Å². The Morgan fingerprint density at radius 2 is 1.00 bits per heavy atom. The number of phenols is 1. The summed E-state index contributed by atoms with van der Waals surface area (Å²) in [6.45, 7) is 0. The first-order chi connectivity index (χ1) is 10.1. The van der Waals surface area contributed by atoms with Gasteiger partial charge in [0.1, 0.15) is 5.75 Å². The van der Waals surface area contributed by atoms with Gasteiger partial charge in [-0.15, -0.1) is 0 Å². The van der Waals surface area contributed by atoms with Crippen molar-refractivity contribution in [3.05, 3.63) is 65.7 Å². The highest BCUT2D eigenvalue weighted by molar-refractivity contribution is 5.45. The van der Waals surface area contributed by atoms with Gasteiger partial charge in [0.15, 0.2) is 0 Å². The minimum atomic E-state index is -5.61. The second-order valence-corrected chi connectivity index (χ2v) is 4.66. The van der Waals surface area contributed by atoms with Gasteiger partial charge >= 0.3 is 12.4 Å². The van der Waals surface area contributed by atoms with Gasteiger partial charge in [-0.05, 0) is 23.3 Å². The molecular formula is C15H10F6O. The summed E-state index contributed by atoms with van der Waals surface area (Å²) in [4.78, 5) is 0. The zero-order valence-electron chi connectivity index (χ0n) is 10.9. The van der Waals surface area contributed by atoms with Gasteiger partial charge in [-0.2, -0.15) is 26.3 Å². The van der Waals surface area contributed by atoms with Crippen LogP contribution in [0.15, 0.2) is 54.6 Å². The van der Waals surface area contributed by atoms with Crippen molar-refractivity contribution >= 4 is 0 Å². The largest absolute Gasteiger partial charge is 0.508 e. The zero-order valence-corrected chi connectivity index (χ0v) is 10.9. The lowest BCUT2D eigenvalue weighted by Crippen LogP contribution is -2.54.